The molecular weight excluding hydrogens is 424 g/mol. The molecule has 0 radical (unpaired) electrons. The average molecular weight is 459 g/mol. The second kappa shape index (κ2) is 12.6. The predicted octanol–water partition coefficient (Wildman–Crippen LogP) is 4.93. The molecule has 0 aliphatic heterocycles. The van der Waals surface area contributed by atoms with E-state index in [-0.39, 0.29) is 24.5 Å². The standard InChI is InChI=1S/C29H34N2O3/c1-4-23(3)30-29(33)27(19-24-11-7-5-8-12-24)31(20-25-13-9-6-10-14-25)28(32)21-34-26-17-15-22(2)16-18-26/h5-18,23,27H,4,19-21H2,1-3H3,(H,30,33). The van der Waals surface area contributed by atoms with Crippen LogP contribution in [-0.2, 0) is 22.6 Å². The number of hydrogen-bond acceptors (Lipinski definition) is 3. The van der Waals surface area contributed by atoms with Crippen LogP contribution < -0.4 is 10.1 Å². The minimum Gasteiger partial charge on any atom is -0.484 e. The highest BCUT2D eigenvalue weighted by Crippen LogP contribution is 2.17. The van der Waals surface area contributed by atoms with E-state index < -0.39 is 6.04 Å². The van der Waals surface area contributed by atoms with Crippen LogP contribution in [0.25, 0.3) is 0 Å². The number of nitrogens with one attached hydrogen (secondary N) is 1. The lowest BCUT2D eigenvalue weighted by atomic mass is 10.0. The van der Waals surface area contributed by atoms with Gasteiger partial charge in [-0.1, -0.05) is 85.3 Å². The van der Waals surface area contributed by atoms with Crippen molar-refractivity contribution in [1.29, 1.82) is 0 Å². The molecule has 0 heterocycles. The van der Waals surface area contributed by atoms with Gasteiger partial charge in [0.05, 0.1) is 0 Å². The third kappa shape index (κ3) is 7.48. The Kier molecular flexibility index (Phi) is 9.27. The number of carbonyl (C=O) groups is 2. The highest BCUT2D eigenvalue weighted by atomic mass is 16.5. The summed E-state index contributed by atoms with van der Waals surface area (Å²) < 4.78 is 5.80. The van der Waals surface area contributed by atoms with Crippen LogP contribution in [0.2, 0.25) is 0 Å². The number of rotatable bonds is 11. The van der Waals surface area contributed by atoms with Gasteiger partial charge >= 0.3 is 0 Å². The van der Waals surface area contributed by atoms with E-state index in [0.717, 1.165) is 23.1 Å². The zero-order valence-corrected chi connectivity index (χ0v) is 20.2. The van der Waals surface area contributed by atoms with Gasteiger partial charge in [-0.05, 0) is 43.5 Å². The van der Waals surface area contributed by atoms with Gasteiger partial charge in [-0.25, -0.2) is 0 Å². The number of ether oxygens (including phenoxy) is 1. The molecule has 2 unspecified atom stereocenters. The number of nitrogens with zero attached hydrogens (tertiary/aromatic N) is 1. The lowest BCUT2D eigenvalue weighted by molar-refractivity contribution is -0.143. The maximum Gasteiger partial charge on any atom is 0.261 e. The van der Waals surface area contributed by atoms with E-state index in [0.29, 0.717) is 18.7 Å². The summed E-state index contributed by atoms with van der Waals surface area (Å²) in [7, 11) is 0. The van der Waals surface area contributed by atoms with Crippen molar-refractivity contribution in [3.63, 3.8) is 0 Å². The largest absolute Gasteiger partial charge is 0.484 e. The Labute approximate surface area is 202 Å². The first-order valence-electron chi connectivity index (χ1n) is 11.8. The molecule has 0 saturated heterocycles. The summed E-state index contributed by atoms with van der Waals surface area (Å²) >= 11 is 0. The first-order chi connectivity index (χ1) is 16.5. The van der Waals surface area contributed by atoms with E-state index >= 15 is 0 Å². The zero-order valence-electron chi connectivity index (χ0n) is 20.2. The topological polar surface area (TPSA) is 58.6 Å². The van der Waals surface area contributed by atoms with Crippen molar-refractivity contribution in [2.24, 2.45) is 0 Å². The van der Waals surface area contributed by atoms with Crippen molar-refractivity contribution in [1.82, 2.24) is 10.2 Å². The van der Waals surface area contributed by atoms with Gasteiger partial charge in [0.2, 0.25) is 5.91 Å². The van der Waals surface area contributed by atoms with E-state index in [2.05, 4.69) is 5.32 Å². The fraction of sp³-hybridized carbons (Fsp3) is 0.310. The minimum absolute atomic E-state index is 0.0169. The molecule has 1 N–H and O–H groups in total. The fourth-order valence-corrected chi connectivity index (χ4v) is 3.64. The van der Waals surface area contributed by atoms with Crippen molar-refractivity contribution >= 4 is 11.8 Å². The fourth-order valence-electron chi connectivity index (χ4n) is 3.64. The molecule has 0 aliphatic carbocycles. The summed E-state index contributed by atoms with van der Waals surface area (Å²) in [6, 6.07) is 26.5. The van der Waals surface area contributed by atoms with Gasteiger partial charge in [0.1, 0.15) is 11.8 Å². The van der Waals surface area contributed by atoms with E-state index in [1.54, 1.807) is 4.90 Å². The van der Waals surface area contributed by atoms with Crippen molar-refractivity contribution < 1.29 is 14.3 Å². The van der Waals surface area contributed by atoms with Crippen LogP contribution in [0.1, 0.15) is 37.0 Å². The summed E-state index contributed by atoms with van der Waals surface area (Å²) in [4.78, 5) is 28.6. The first-order valence-corrected chi connectivity index (χ1v) is 11.8. The van der Waals surface area contributed by atoms with Crippen molar-refractivity contribution in [2.45, 2.75) is 52.2 Å². The van der Waals surface area contributed by atoms with Crippen LogP contribution in [-0.4, -0.2) is 35.4 Å². The van der Waals surface area contributed by atoms with Crippen molar-refractivity contribution in [2.75, 3.05) is 6.61 Å². The number of benzene rings is 3. The van der Waals surface area contributed by atoms with E-state index in [1.165, 1.54) is 0 Å². The maximum atomic E-state index is 13.5. The number of hydrogen-bond donors (Lipinski definition) is 1. The molecule has 0 saturated carbocycles. The Balaban J connectivity index is 1.88. The van der Waals surface area contributed by atoms with E-state index in [4.69, 9.17) is 4.74 Å². The molecule has 34 heavy (non-hydrogen) atoms. The van der Waals surface area contributed by atoms with Gasteiger partial charge in [0, 0.05) is 19.0 Å². The van der Waals surface area contributed by atoms with Gasteiger partial charge in [0.15, 0.2) is 6.61 Å². The summed E-state index contributed by atoms with van der Waals surface area (Å²) in [5.74, 6) is 0.241. The molecule has 178 valence electrons. The maximum absolute atomic E-state index is 13.5. The zero-order chi connectivity index (χ0) is 24.3. The van der Waals surface area contributed by atoms with Crippen LogP contribution in [0.3, 0.4) is 0 Å². The second-order valence-electron chi connectivity index (χ2n) is 8.63. The van der Waals surface area contributed by atoms with E-state index in [1.807, 2.05) is 106 Å². The smallest absolute Gasteiger partial charge is 0.261 e. The molecule has 2 atom stereocenters. The molecule has 0 aromatic heterocycles. The van der Waals surface area contributed by atoms with Crippen molar-refractivity contribution in [3.05, 3.63) is 102 Å². The molecule has 2 amide bonds. The summed E-state index contributed by atoms with van der Waals surface area (Å²) in [5, 5.41) is 3.08. The minimum atomic E-state index is -0.661. The summed E-state index contributed by atoms with van der Waals surface area (Å²) in [5.41, 5.74) is 3.08. The van der Waals surface area contributed by atoms with Crippen LogP contribution in [0.5, 0.6) is 5.75 Å². The highest BCUT2D eigenvalue weighted by molar-refractivity contribution is 5.88. The Morgan fingerprint density at radius 2 is 1.47 bits per heavy atom. The van der Waals surface area contributed by atoms with Gasteiger partial charge in [0.25, 0.3) is 5.91 Å². The van der Waals surface area contributed by atoms with Gasteiger partial charge in [-0.2, -0.15) is 0 Å². The van der Waals surface area contributed by atoms with Crippen LogP contribution >= 0.6 is 0 Å². The molecule has 3 aromatic rings. The van der Waals surface area contributed by atoms with Crippen LogP contribution in [0, 0.1) is 6.92 Å². The van der Waals surface area contributed by atoms with Crippen LogP contribution in [0.15, 0.2) is 84.9 Å². The van der Waals surface area contributed by atoms with E-state index in [9.17, 15) is 9.59 Å². The van der Waals surface area contributed by atoms with Gasteiger partial charge in [-0.3, -0.25) is 9.59 Å². The Hall–Kier alpha value is -3.60. The van der Waals surface area contributed by atoms with Crippen LogP contribution in [0.4, 0.5) is 0 Å². The monoisotopic (exact) mass is 458 g/mol. The predicted molar refractivity (Wildman–Crippen MR) is 135 cm³/mol. The SMILES string of the molecule is CCC(C)NC(=O)C(Cc1ccccc1)N(Cc1ccccc1)C(=O)COc1ccc(C)cc1. The Morgan fingerprint density at radius 3 is 2.06 bits per heavy atom. The lowest BCUT2D eigenvalue weighted by Gasteiger charge is -2.32. The third-order valence-corrected chi connectivity index (χ3v) is 5.85. The quantitative estimate of drug-likeness (QED) is 0.443. The number of amides is 2. The molecule has 0 fully saturated rings. The molecule has 3 aromatic carbocycles. The average Bonchev–Trinajstić information content (AvgIpc) is 2.86. The molecule has 0 spiro atoms. The highest BCUT2D eigenvalue weighted by Gasteiger charge is 2.31. The normalized spacial score (nSPS) is 12.4. The van der Waals surface area contributed by atoms with Crippen molar-refractivity contribution in [3.8, 4) is 5.75 Å². The Morgan fingerprint density at radius 1 is 0.882 bits per heavy atom. The summed E-state index contributed by atoms with van der Waals surface area (Å²) in [6.45, 7) is 6.18. The second-order valence-corrected chi connectivity index (χ2v) is 8.63. The molecule has 0 aliphatic rings. The first kappa shape index (κ1) is 25.0. The molecule has 3 rings (SSSR count). The molecule has 5 heteroatoms. The molecule has 0 bridgehead atoms. The number of aryl methyl sites for hydroxylation is 1. The molecular formula is C29H34N2O3. The van der Waals surface area contributed by atoms with Gasteiger partial charge in [-0.15, -0.1) is 0 Å². The lowest BCUT2D eigenvalue weighted by Crippen LogP contribution is -2.53. The Bertz CT molecular complexity index is 1040. The summed E-state index contributed by atoms with van der Waals surface area (Å²) in [6.07, 6.45) is 1.24. The van der Waals surface area contributed by atoms with Gasteiger partial charge < -0.3 is 15.0 Å². The molecule has 5 nitrogen and oxygen atoms in total. The third-order valence-electron chi connectivity index (χ3n) is 5.85. The number of carbonyl (C=O) groups excluding carboxylic acids is 2.